The van der Waals surface area contributed by atoms with Gasteiger partial charge in [-0.3, -0.25) is 4.79 Å². The third kappa shape index (κ3) is 5.40. The molecular weight excluding hydrogens is 422 g/mol. The molecule has 7 nitrogen and oxygen atoms in total. The van der Waals surface area contributed by atoms with Gasteiger partial charge >= 0.3 is 0 Å². The van der Waals surface area contributed by atoms with E-state index < -0.39 is 11.7 Å². The maximum absolute atomic E-state index is 13.8. The van der Waals surface area contributed by atoms with Crippen LogP contribution in [-0.4, -0.2) is 29.2 Å². The molecule has 0 aliphatic carbocycles. The Kier molecular flexibility index (Phi) is 6.58. The van der Waals surface area contributed by atoms with Gasteiger partial charge in [0.15, 0.2) is 11.5 Å². The number of carbonyl (C=O) groups is 1. The lowest BCUT2D eigenvalue weighted by atomic mass is 10.2. The van der Waals surface area contributed by atoms with Crippen LogP contribution in [0.25, 0.3) is 0 Å². The van der Waals surface area contributed by atoms with Gasteiger partial charge in [-0.2, -0.15) is 14.5 Å². The maximum Gasteiger partial charge on any atom is 0.271 e. The molecule has 0 bridgehead atoms. The van der Waals surface area contributed by atoms with Crippen molar-refractivity contribution in [3.05, 3.63) is 75.9 Å². The van der Waals surface area contributed by atoms with Gasteiger partial charge in [-0.15, -0.1) is 0 Å². The Balaban J connectivity index is 1.76. The van der Waals surface area contributed by atoms with E-state index in [0.29, 0.717) is 21.9 Å². The zero-order valence-corrected chi connectivity index (χ0v) is 16.4. The lowest BCUT2D eigenvalue weighted by Crippen LogP contribution is -2.17. The molecule has 3 rings (SSSR count). The van der Waals surface area contributed by atoms with Crippen molar-refractivity contribution in [2.24, 2.45) is 5.10 Å². The number of rotatable bonds is 6. The largest absolute Gasteiger partial charge is 0.493 e. The van der Waals surface area contributed by atoms with Crippen LogP contribution in [0.15, 0.2) is 53.8 Å². The average Bonchev–Trinajstić information content (AvgIpc) is 2.71. The minimum atomic E-state index is -0.788. The van der Waals surface area contributed by atoms with Crippen molar-refractivity contribution in [2.45, 2.75) is 0 Å². The number of nitrogens with one attached hydrogen (secondary N) is 1. The zero-order valence-electron chi connectivity index (χ0n) is 14.9. The van der Waals surface area contributed by atoms with Crippen molar-refractivity contribution in [3.8, 4) is 17.4 Å². The summed E-state index contributed by atoms with van der Waals surface area (Å²) >= 11 is 11.5. The number of carbonyl (C=O) groups excluding carboxylic acids is 1. The van der Waals surface area contributed by atoms with Crippen molar-refractivity contribution in [1.29, 1.82) is 0 Å². The first-order valence-electron chi connectivity index (χ1n) is 8.09. The van der Waals surface area contributed by atoms with E-state index >= 15 is 0 Å². The Morgan fingerprint density at radius 1 is 1.21 bits per heavy atom. The van der Waals surface area contributed by atoms with Crippen molar-refractivity contribution in [3.63, 3.8) is 0 Å². The SMILES string of the molecule is COc1ccc(/C=N/NC(=O)c2cccc(Cl)c2)cc1Oc1nc(Cl)ncc1F. The van der Waals surface area contributed by atoms with E-state index in [2.05, 4.69) is 20.5 Å². The van der Waals surface area contributed by atoms with Gasteiger partial charge in [0.1, 0.15) is 0 Å². The van der Waals surface area contributed by atoms with Crippen LogP contribution in [-0.2, 0) is 0 Å². The summed E-state index contributed by atoms with van der Waals surface area (Å²) in [7, 11) is 1.44. The first-order chi connectivity index (χ1) is 14.0. The molecular formula is C19H13Cl2FN4O3. The standard InChI is InChI=1S/C19H13Cl2FN4O3/c1-28-15-6-5-11(7-16(15)29-18-14(22)10-23-19(21)25-18)9-24-26-17(27)12-3-2-4-13(20)8-12/h2-10H,1H3,(H,26,27)/b24-9+. The fourth-order valence-corrected chi connectivity index (χ4v) is 2.54. The molecule has 0 fully saturated rings. The number of hydrazone groups is 1. The van der Waals surface area contributed by atoms with E-state index in [9.17, 15) is 9.18 Å². The minimum absolute atomic E-state index is 0.165. The molecule has 1 N–H and O–H groups in total. The number of ether oxygens (including phenoxy) is 2. The molecule has 0 atom stereocenters. The minimum Gasteiger partial charge on any atom is -0.493 e. The molecule has 0 aliphatic heterocycles. The number of methoxy groups -OCH3 is 1. The third-order valence-corrected chi connectivity index (χ3v) is 3.96. The fourth-order valence-electron chi connectivity index (χ4n) is 2.22. The predicted molar refractivity (Wildman–Crippen MR) is 107 cm³/mol. The van der Waals surface area contributed by atoms with Crippen LogP contribution in [0.1, 0.15) is 15.9 Å². The van der Waals surface area contributed by atoms with E-state index in [1.807, 2.05) is 0 Å². The van der Waals surface area contributed by atoms with Gasteiger partial charge < -0.3 is 9.47 Å². The van der Waals surface area contributed by atoms with Crippen molar-refractivity contribution in [2.75, 3.05) is 7.11 Å². The fraction of sp³-hybridized carbons (Fsp3) is 0.0526. The molecule has 10 heteroatoms. The first kappa shape index (κ1) is 20.5. The molecule has 1 heterocycles. The summed E-state index contributed by atoms with van der Waals surface area (Å²) in [6.45, 7) is 0. The monoisotopic (exact) mass is 434 g/mol. The zero-order chi connectivity index (χ0) is 20.8. The van der Waals surface area contributed by atoms with Gasteiger partial charge in [0.05, 0.1) is 19.5 Å². The van der Waals surface area contributed by atoms with Crippen molar-refractivity contribution < 1.29 is 18.7 Å². The molecule has 1 amide bonds. The maximum atomic E-state index is 13.8. The molecule has 0 saturated heterocycles. The molecule has 148 valence electrons. The number of benzene rings is 2. The lowest BCUT2D eigenvalue weighted by molar-refractivity contribution is 0.0955. The molecule has 2 aromatic carbocycles. The second-order valence-corrected chi connectivity index (χ2v) is 6.29. The van der Waals surface area contributed by atoms with E-state index in [1.165, 1.54) is 25.5 Å². The lowest BCUT2D eigenvalue weighted by Gasteiger charge is -2.10. The number of amides is 1. The Morgan fingerprint density at radius 2 is 2.03 bits per heavy atom. The molecule has 29 heavy (non-hydrogen) atoms. The number of hydrogen-bond acceptors (Lipinski definition) is 6. The van der Waals surface area contributed by atoms with Crippen LogP contribution in [0.4, 0.5) is 4.39 Å². The van der Waals surface area contributed by atoms with Crippen LogP contribution in [0.5, 0.6) is 17.4 Å². The van der Waals surface area contributed by atoms with E-state index in [1.54, 1.807) is 30.3 Å². The molecule has 3 aromatic rings. The quantitative estimate of drug-likeness (QED) is 0.351. The molecule has 1 aromatic heterocycles. The average molecular weight is 435 g/mol. The van der Waals surface area contributed by atoms with Crippen LogP contribution in [0.3, 0.4) is 0 Å². The number of nitrogens with zero attached hydrogens (tertiary/aromatic N) is 3. The summed E-state index contributed by atoms with van der Waals surface area (Å²) in [5.41, 5.74) is 3.30. The van der Waals surface area contributed by atoms with Gasteiger partial charge in [0, 0.05) is 10.6 Å². The predicted octanol–water partition coefficient (Wildman–Crippen LogP) is 4.49. The second-order valence-electron chi connectivity index (χ2n) is 5.51. The highest BCUT2D eigenvalue weighted by molar-refractivity contribution is 6.31. The smallest absolute Gasteiger partial charge is 0.271 e. The first-order valence-corrected chi connectivity index (χ1v) is 8.85. The molecule has 0 saturated carbocycles. The van der Waals surface area contributed by atoms with E-state index in [4.69, 9.17) is 32.7 Å². The van der Waals surface area contributed by atoms with Gasteiger partial charge in [-0.05, 0) is 53.6 Å². The topological polar surface area (TPSA) is 85.7 Å². The number of aromatic nitrogens is 2. The van der Waals surface area contributed by atoms with Gasteiger partial charge in [-0.1, -0.05) is 17.7 Å². The van der Waals surface area contributed by atoms with Crippen LogP contribution < -0.4 is 14.9 Å². The van der Waals surface area contributed by atoms with Crippen LogP contribution in [0, 0.1) is 5.82 Å². The summed E-state index contributed by atoms with van der Waals surface area (Å²) in [5, 5.41) is 4.17. The Morgan fingerprint density at radius 3 is 2.79 bits per heavy atom. The molecule has 0 radical (unpaired) electrons. The van der Waals surface area contributed by atoms with E-state index in [-0.39, 0.29) is 16.9 Å². The Hall–Kier alpha value is -3.23. The van der Waals surface area contributed by atoms with Gasteiger partial charge in [0.2, 0.25) is 11.1 Å². The number of halogens is 3. The molecule has 0 spiro atoms. The second kappa shape index (κ2) is 9.31. The van der Waals surface area contributed by atoms with E-state index in [0.717, 1.165) is 6.20 Å². The molecule has 0 aliphatic rings. The van der Waals surface area contributed by atoms with Gasteiger partial charge in [-0.25, -0.2) is 10.4 Å². The third-order valence-electron chi connectivity index (χ3n) is 3.54. The molecule has 0 unspecified atom stereocenters. The summed E-state index contributed by atoms with van der Waals surface area (Å²) < 4.78 is 24.5. The van der Waals surface area contributed by atoms with Crippen molar-refractivity contribution >= 4 is 35.3 Å². The highest BCUT2D eigenvalue weighted by Crippen LogP contribution is 2.32. The van der Waals surface area contributed by atoms with Crippen LogP contribution in [0.2, 0.25) is 10.3 Å². The summed E-state index contributed by atoms with van der Waals surface area (Å²) in [6.07, 6.45) is 2.28. The normalized spacial score (nSPS) is 10.8. The summed E-state index contributed by atoms with van der Waals surface area (Å²) in [6, 6.07) is 11.2. The highest BCUT2D eigenvalue weighted by atomic mass is 35.5. The van der Waals surface area contributed by atoms with Crippen LogP contribution >= 0.6 is 23.2 Å². The number of hydrogen-bond donors (Lipinski definition) is 1. The summed E-state index contributed by atoms with van der Waals surface area (Å²) in [4.78, 5) is 19.3. The Bertz CT molecular complexity index is 1080. The Labute approximate surface area is 175 Å². The summed E-state index contributed by atoms with van der Waals surface area (Å²) in [5.74, 6) is -1.06. The van der Waals surface area contributed by atoms with Crippen molar-refractivity contribution in [1.82, 2.24) is 15.4 Å². The van der Waals surface area contributed by atoms with Gasteiger partial charge in [0.25, 0.3) is 11.8 Å². The highest BCUT2D eigenvalue weighted by Gasteiger charge is 2.13.